The Kier molecular flexibility index (Phi) is 4.10. The zero-order valence-corrected chi connectivity index (χ0v) is 7.00. The van der Waals surface area contributed by atoms with Crippen molar-refractivity contribution in [3.63, 3.8) is 0 Å². The molecule has 0 aliphatic rings. The molecule has 0 aromatic carbocycles. The second kappa shape index (κ2) is 4.44. The van der Waals surface area contributed by atoms with Crippen molar-refractivity contribution >= 4 is 5.97 Å². The molecule has 0 aliphatic carbocycles. The Balaban J connectivity index is 0.00000169. The predicted octanol–water partition coefficient (Wildman–Crippen LogP) is -3.14. The number of aromatic nitrogens is 2. The van der Waals surface area contributed by atoms with Gasteiger partial charge in [0, 0.05) is 5.56 Å². The second-order valence-electron chi connectivity index (χ2n) is 2.11. The van der Waals surface area contributed by atoms with Crippen molar-refractivity contribution in [1.82, 2.24) is 10.2 Å². The van der Waals surface area contributed by atoms with Gasteiger partial charge in [-0.05, 0) is 6.07 Å². The van der Waals surface area contributed by atoms with E-state index in [-0.39, 0.29) is 18.9 Å². The zero-order valence-electron chi connectivity index (χ0n) is 7.00. The quantitative estimate of drug-likeness (QED) is 0.447. The number of aromatic carboxylic acids is 1. The van der Waals surface area contributed by atoms with E-state index in [2.05, 4.69) is 10.2 Å². The molecule has 0 radical (unpaired) electrons. The molecule has 8 heteroatoms. The summed E-state index contributed by atoms with van der Waals surface area (Å²) in [5.41, 5.74) is -2.00. The van der Waals surface area contributed by atoms with Gasteiger partial charge in [0.05, 0.1) is 12.2 Å². The second-order valence-corrected chi connectivity index (χ2v) is 2.11. The molecule has 0 bridgehead atoms. The fraction of sp³-hybridized carbons (Fsp3) is 0.167. The third-order valence-electron chi connectivity index (χ3n) is 1.18. The van der Waals surface area contributed by atoms with Gasteiger partial charge in [0.1, 0.15) is 0 Å². The molecule has 0 aliphatic heterocycles. The van der Waals surface area contributed by atoms with Crippen molar-refractivity contribution in [3.05, 3.63) is 23.5 Å². The van der Waals surface area contributed by atoms with Crippen LogP contribution in [-0.4, -0.2) is 16.2 Å². The first-order valence-electron chi connectivity index (χ1n) is 3.02. The fourth-order valence-electron chi connectivity index (χ4n) is 0.617. The fourth-order valence-corrected chi connectivity index (χ4v) is 0.617. The van der Waals surface area contributed by atoms with Gasteiger partial charge < -0.3 is 9.90 Å². The van der Waals surface area contributed by atoms with Crippen molar-refractivity contribution in [2.24, 2.45) is 0 Å². The Bertz CT molecular complexity index is 342. The molecular weight excluding hydrogens is 196 g/mol. The van der Waals surface area contributed by atoms with E-state index >= 15 is 0 Å². The first kappa shape index (κ1) is 12.9. The maximum atomic E-state index is 11.9. The molecular formula is C6H2F3LiN2O2. The first-order valence-corrected chi connectivity index (χ1v) is 3.02. The Hall–Kier alpha value is -1.06. The number of carbonyl (C=O) groups is 1. The average Bonchev–Trinajstić information content (AvgIpc) is 2.03. The molecule has 4 nitrogen and oxygen atoms in total. The van der Waals surface area contributed by atoms with Crippen LogP contribution in [0.15, 0.2) is 12.3 Å². The van der Waals surface area contributed by atoms with Crippen molar-refractivity contribution in [3.8, 4) is 0 Å². The number of carbonyl (C=O) groups excluding carboxylic acids is 1. The number of hydrogen-bond acceptors (Lipinski definition) is 4. The van der Waals surface area contributed by atoms with E-state index in [1.54, 1.807) is 0 Å². The van der Waals surface area contributed by atoms with Gasteiger partial charge in [-0.25, -0.2) is 0 Å². The normalized spacial score (nSPS) is 10.5. The Labute approximate surface area is 88.3 Å². The van der Waals surface area contributed by atoms with E-state index in [9.17, 15) is 23.1 Å². The van der Waals surface area contributed by atoms with E-state index in [1.165, 1.54) is 0 Å². The molecule has 70 valence electrons. The standard InChI is InChI=1S/C6H3F3N2O2.Li/c7-6(8,9)4-1-3(5(12)13)2-10-11-4;/h1-2H,(H,12,13);/q;+1/p-1. The van der Waals surface area contributed by atoms with Crippen molar-refractivity contribution in [2.75, 3.05) is 0 Å². The molecule has 1 heterocycles. The number of carboxylic acids is 1. The molecule has 0 spiro atoms. The number of alkyl halides is 3. The number of hydrogen-bond donors (Lipinski definition) is 0. The van der Waals surface area contributed by atoms with Crippen LogP contribution in [0.25, 0.3) is 0 Å². The van der Waals surface area contributed by atoms with Gasteiger partial charge in [-0.3, -0.25) is 0 Å². The van der Waals surface area contributed by atoms with Crippen molar-refractivity contribution in [1.29, 1.82) is 0 Å². The average molecular weight is 198 g/mol. The van der Waals surface area contributed by atoms with Crippen LogP contribution in [0.3, 0.4) is 0 Å². The molecule has 1 aromatic rings. The Morgan fingerprint density at radius 2 is 2.00 bits per heavy atom. The van der Waals surface area contributed by atoms with Gasteiger partial charge in [-0.2, -0.15) is 18.3 Å². The summed E-state index contributed by atoms with van der Waals surface area (Å²) in [7, 11) is 0. The van der Waals surface area contributed by atoms with Gasteiger partial charge in [0.25, 0.3) is 0 Å². The minimum atomic E-state index is -4.70. The summed E-state index contributed by atoms with van der Waals surface area (Å²) in [5.74, 6) is -1.72. The molecule has 1 rings (SSSR count). The number of halogens is 3. The van der Waals surface area contributed by atoms with Crippen LogP contribution in [0, 0.1) is 0 Å². The Morgan fingerprint density at radius 3 is 2.43 bits per heavy atom. The number of rotatable bonds is 1. The third kappa shape index (κ3) is 3.01. The summed E-state index contributed by atoms with van der Waals surface area (Å²) in [4.78, 5) is 10.1. The molecule has 0 saturated heterocycles. The molecule has 1 aromatic heterocycles. The summed E-state index contributed by atoms with van der Waals surface area (Å²) >= 11 is 0. The van der Waals surface area contributed by atoms with E-state index in [0.717, 1.165) is 0 Å². The van der Waals surface area contributed by atoms with Crippen LogP contribution < -0.4 is 24.0 Å². The van der Waals surface area contributed by atoms with Crippen LogP contribution in [0.1, 0.15) is 16.1 Å². The third-order valence-corrected chi connectivity index (χ3v) is 1.18. The van der Waals surface area contributed by atoms with Crippen LogP contribution >= 0.6 is 0 Å². The molecule has 0 N–H and O–H groups in total. The van der Waals surface area contributed by atoms with Gasteiger partial charge in [0.15, 0.2) is 5.69 Å². The monoisotopic (exact) mass is 198 g/mol. The van der Waals surface area contributed by atoms with E-state index < -0.39 is 23.4 Å². The van der Waals surface area contributed by atoms with E-state index in [1.807, 2.05) is 0 Å². The van der Waals surface area contributed by atoms with Gasteiger partial charge in [-0.1, -0.05) is 0 Å². The zero-order chi connectivity index (χ0) is 10.1. The molecule has 0 unspecified atom stereocenters. The summed E-state index contributed by atoms with van der Waals surface area (Å²) in [6.45, 7) is 0. The largest absolute Gasteiger partial charge is 1.00 e. The summed E-state index contributed by atoms with van der Waals surface area (Å²) in [5, 5.41) is 15.7. The SMILES string of the molecule is O=C([O-])c1cnnc(C(F)(F)F)c1.[Li+]. The van der Waals surface area contributed by atoms with Crippen LogP contribution in [0.5, 0.6) is 0 Å². The molecule has 0 fully saturated rings. The van der Waals surface area contributed by atoms with Gasteiger partial charge in [-0.15, -0.1) is 5.10 Å². The van der Waals surface area contributed by atoms with Crippen molar-refractivity contribution in [2.45, 2.75) is 6.18 Å². The summed E-state index contributed by atoms with van der Waals surface area (Å²) < 4.78 is 35.7. The topological polar surface area (TPSA) is 65.9 Å². The van der Waals surface area contributed by atoms with Crippen molar-refractivity contribution < 1.29 is 41.9 Å². The molecule has 0 amide bonds. The number of nitrogens with zero attached hydrogens (tertiary/aromatic N) is 2. The van der Waals surface area contributed by atoms with Gasteiger partial charge in [0.2, 0.25) is 0 Å². The minimum Gasteiger partial charge on any atom is -0.545 e. The smallest absolute Gasteiger partial charge is 0.545 e. The minimum absolute atomic E-state index is 0. The summed E-state index contributed by atoms with van der Waals surface area (Å²) in [6, 6.07) is 0.363. The number of carboxylic acid groups (broad SMARTS) is 1. The summed E-state index contributed by atoms with van der Waals surface area (Å²) in [6.07, 6.45) is -4.01. The van der Waals surface area contributed by atoms with Gasteiger partial charge >= 0.3 is 25.0 Å². The van der Waals surface area contributed by atoms with E-state index in [4.69, 9.17) is 0 Å². The molecule has 0 atom stereocenters. The molecule has 0 saturated carbocycles. The van der Waals surface area contributed by atoms with Crippen LogP contribution in [-0.2, 0) is 6.18 Å². The van der Waals surface area contributed by atoms with Crippen LogP contribution in [0.4, 0.5) is 13.2 Å². The van der Waals surface area contributed by atoms with E-state index in [0.29, 0.717) is 12.3 Å². The first-order chi connectivity index (χ1) is 5.91. The molecule has 14 heavy (non-hydrogen) atoms. The maximum absolute atomic E-state index is 11.9. The Morgan fingerprint density at radius 1 is 1.43 bits per heavy atom. The van der Waals surface area contributed by atoms with Crippen LogP contribution in [0.2, 0.25) is 0 Å². The maximum Gasteiger partial charge on any atom is 1.00 e. The predicted molar refractivity (Wildman–Crippen MR) is 31.4 cm³/mol.